The lowest BCUT2D eigenvalue weighted by Crippen LogP contribution is -2.45. The first kappa shape index (κ1) is 54.3. The number of aliphatic hydroxyl groups excluding tert-OH is 2. The zero-order valence-corrected chi connectivity index (χ0v) is 37.4. The van der Waals surface area contributed by atoms with E-state index >= 15 is 0 Å². The van der Waals surface area contributed by atoms with Crippen molar-refractivity contribution in [1.29, 1.82) is 0 Å². The molecule has 3 N–H and O–H groups in total. The molecule has 0 aromatic rings. The smallest absolute Gasteiger partial charge is 0.305 e. The second-order valence-electron chi connectivity index (χ2n) is 16.8. The average molecular weight is 790 g/mol. The van der Waals surface area contributed by atoms with E-state index in [0.29, 0.717) is 25.9 Å². The molecule has 0 radical (unpaired) electrons. The van der Waals surface area contributed by atoms with E-state index in [1.165, 1.54) is 148 Å². The Bertz CT molecular complexity index is 874. The molecular formula is C50H95NO5. The molecule has 6 heteroatoms. The number of hydrogen-bond acceptors (Lipinski definition) is 5. The minimum atomic E-state index is -0.679. The van der Waals surface area contributed by atoms with Gasteiger partial charge in [-0.1, -0.05) is 186 Å². The molecule has 2 atom stereocenters. The van der Waals surface area contributed by atoms with Gasteiger partial charge in [0.1, 0.15) is 0 Å². The summed E-state index contributed by atoms with van der Waals surface area (Å²) in [6.07, 6.45) is 52.8. The number of nitrogens with one attached hydrogen (secondary N) is 1. The number of hydrogen-bond donors (Lipinski definition) is 3. The van der Waals surface area contributed by atoms with E-state index in [4.69, 9.17) is 4.74 Å². The number of unbranched alkanes of at least 4 members (excludes halogenated alkanes) is 30. The third kappa shape index (κ3) is 42.0. The first-order chi connectivity index (χ1) is 27.5. The number of amides is 1. The van der Waals surface area contributed by atoms with Gasteiger partial charge in [0.2, 0.25) is 5.91 Å². The molecule has 0 saturated carbocycles. The fourth-order valence-corrected chi connectivity index (χ4v) is 7.39. The predicted molar refractivity (Wildman–Crippen MR) is 241 cm³/mol. The van der Waals surface area contributed by atoms with Gasteiger partial charge >= 0.3 is 5.97 Å². The Labute approximate surface area is 348 Å². The highest BCUT2D eigenvalue weighted by molar-refractivity contribution is 5.76. The van der Waals surface area contributed by atoms with Crippen molar-refractivity contribution < 1.29 is 24.5 Å². The molecule has 0 bridgehead atoms. The van der Waals surface area contributed by atoms with Crippen LogP contribution >= 0.6 is 0 Å². The van der Waals surface area contributed by atoms with Gasteiger partial charge in [-0.05, 0) is 83.5 Å². The van der Waals surface area contributed by atoms with Gasteiger partial charge in [0.05, 0.1) is 25.4 Å². The summed E-state index contributed by atoms with van der Waals surface area (Å²) in [5.74, 6) is -0.0939. The Morgan fingerprint density at radius 2 is 0.839 bits per heavy atom. The number of esters is 1. The van der Waals surface area contributed by atoms with Gasteiger partial charge in [0.15, 0.2) is 0 Å². The van der Waals surface area contributed by atoms with Crippen LogP contribution in [0.3, 0.4) is 0 Å². The lowest BCUT2D eigenvalue weighted by atomic mass is 10.0. The van der Waals surface area contributed by atoms with Crippen molar-refractivity contribution >= 4 is 11.9 Å². The van der Waals surface area contributed by atoms with Gasteiger partial charge in [-0.2, -0.15) is 0 Å². The molecule has 6 nitrogen and oxygen atoms in total. The van der Waals surface area contributed by atoms with Gasteiger partial charge in [0.25, 0.3) is 0 Å². The molecule has 1 amide bonds. The lowest BCUT2D eigenvalue weighted by molar-refractivity contribution is -0.143. The van der Waals surface area contributed by atoms with Crippen molar-refractivity contribution in [2.45, 2.75) is 270 Å². The third-order valence-electron chi connectivity index (χ3n) is 11.2. The SMILES string of the molecule is CCCCCC/C=C\CCCCCCCC(=O)OCCCCC/C=C\CCCCCCCC(=O)NC(CO)C(O)CCCCCCCCCCCCCCCC. The first-order valence-electron chi connectivity index (χ1n) is 24.6. The third-order valence-corrected chi connectivity index (χ3v) is 11.2. The predicted octanol–water partition coefficient (Wildman–Crippen LogP) is 14.3. The molecule has 2 unspecified atom stereocenters. The standard InChI is InChI=1S/C50H95NO5/c1-3-5-7-9-11-13-15-17-19-22-26-30-34-38-42-48(53)47(46-52)51-49(54)43-39-35-31-27-23-20-21-25-29-33-37-41-45-56-50(55)44-40-36-32-28-24-18-16-14-12-10-8-6-4-2/h14,16,21,25,47-48,52-53H,3-13,15,17-20,22-24,26-46H2,1-2H3,(H,51,54)/b16-14-,25-21-. The van der Waals surface area contributed by atoms with Crippen LogP contribution in [-0.4, -0.2) is 47.4 Å². The van der Waals surface area contributed by atoms with Crippen molar-refractivity contribution in [2.24, 2.45) is 0 Å². The van der Waals surface area contributed by atoms with E-state index in [-0.39, 0.29) is 18.5 Å². The minimum Gasteiger partial charge on any atom is -0.466 e. The Morgan fingerprint density at radius 1 is 0.482 bits per heavy atom. The monoisotopic (exact) mass is 790 g/mol. The largest absolute Gasteiger partial charge is 0.466 e. The summed E-state index contributed by atoms with van der Waals surface area (Å²) < 4.78 is 5.43. The van der Waals surface area contributed by atoms with E-state index in [2.05, 4.69) is 43.5 Å². The Kier molecular flexibility index (Phi) is 44.7. The van der Waals surface area contributed by atoms with Crippen molar-refractivity contribution in [3.63, 3.8) is 0 Å². The van der Waals surface area contributed by atoms with E-state index in [0.717, 1.165) is 77.0 Å². The summed E-state index contributed by atoms with van der Waals surface area (Å²) in [5.41, 5.74) is 0. The maximum Gasteiger partial charge on any atom is 0.305 e. The summed E-state index contributed by atoms with van der Waals surface area (Å²) >= 11 is 0. The summed E-state index contributed by atoms with van der Waals surface area (Å²) in [7, 11) is 0. The molecule has 0 aliphatic rings. The van der Waals surface area contributed by atoms with Crippen molar-refractivity contribution in [3.8, 4) is 0 Å². The van der Waals surface area contributed by atoms with E-state index in [9.17, 15) is 19.8 Å². The zero-order valence-electron chi connectivity index (χ0n) is 37.4. The van der Waals surface area contributed by atoms with Crippen LogP contribution in [0.15, 0.2) is 24.3 Å². The van der Waals surface area contributed by atoms with Crippen LogP contribution in [0, 0.1) is 0 Å². The lowest BCUT2D eigenvalue weighted by Gasteiger charge is -2.22. The van der Waals surface area contributed by atoms with Gasteiger partial charge in [-0.15, -0.1) is 0 Å². The summed E-state index contributed by atoms with van der Waals surface area (Å²) in [5, 5.41) is 23.2. The Balaban J connectivity index is 3.52. The van der Waals surface area contributed by atoms with Crippen LogP contribution in [0.5, 0.6) is 0 Å². The van der Waals surface area contributed by atoms with E-state index < -0.39 is 12.1 Å². The van der Waals surface area contributed by atoms with Crippen molar-refractivity contribution in [2.75, 3.05) is 13.2 Å². The number of carbonyl (C=O) groups is 2. The Morgan fingerprint density at radius 3 is 1.29 bits per heavy atom. The number of rotatable bonds is 45. The number of allylic oxidation sites excluding steroid dienone is 4. The Hall–Kier alpha value is -1.66. The highest BCUT2D eigenvalue weighted by Gasteiger charge is 2.20. The average Bonchev–Trinajstić information content (AvgIpc) is 3.20. The van der Waals surface area contributed by atoms with Crippen molar-refractivity contribution in [3.05, 3.63) is 24.3 Å². The molecule has 0 aromatic carbocycles. The van der Waals surface area contributed by atoms with Crippen LogP contribution in [0.2, 0.25) is 0 Å². The van der Waals surface area contributed by atoms with Crippen LogP contribution in [-0.2, 0) is 14.3 Å². The highest BCUT2D eigenvalue weighted by Crippen LogP contribution is 2.15. The molecule has 0 aromatic heterocycles. The second-order valence-corrected chi connectivity index (χ2v) is 16.8. The maximum absolute atomic E-state index is 12.4. The van der Waals surface area contributed by atoms with Gasteiger partial charge in [0, 0.05) is 12.8 Å². The van der Waals surface area contributed by atoms with Gasteiger partial charge < -0.3 is 20.3 Å². The quantitative estimate of drug-likeness (QED) is 0.0324. The summed E-state index contributed by atoms with van der Waals surface area (Å²) in [4.78, 5) is 24.4. The number of carbonyl (C=O) groups excluding carboxylic acids is 2. The molecule has 56 heavy (non-hydrogen) atoms. The van der Waals surface area contributed by atoms with E-state index in [1.54, 1.807) is 0 Å². The fraction of sp³-hybridized carbons (Fsp3) is 0.880. The second kappa shape index (κ2) is 46.0. The van der Waals surface area contributed by atoms with Crippen LogP contribution < -0.4 is 5.32 Å². The molecule has 0 aliphatic heterocycles. The highest BCUT2D eigenvalue weighted by atomic mass is 16.5. The molecule has 0 aliphatic carbocycles. The van der Waals surface area contributed by atoms with E-state index in [1.807, 2.05) is 0 Å². The summed E-state index contributed by atoms with van der Waals surface area (Å²) in [6.45, 7) is 4.87. The van der Waals surface area contributed by atoms with Crippen LogP contribution in [0.1, 0.15) is 258 Å². The molecule has 0 spiro atoms. The van der Waals surface area contributed by atoms with Gasteiger partial charge in [-0.3, -0.25) is 9.59 Å². The van der Waals surface area contributed by atoms with Crippen LogP contribution in [0.4, 0.5) is 0 Å². The number of aliphatic hydroxyl groups is 2. The minimum absolute atomic E-state index is 0.0323. The van der Waals surface area contributed by atoms with Gasteiger partial charge in [-0.25, -0.2) is 0 Å². The molecule has 0 rings (SSSR count). The molecule has 0 heterocycles. The molecule has 0 saturated heterocycles. The normalized spacial score (nSPS) is 12.9. The zero-order chi connectivity index (χ0) is 40.8. The maximum atomic E-state index is 12.4. The molecule has 330 valence electrons. The van der Waals surface area contributed by atoms with Crippen LogP contribution in [0.25, 0.3) is 0 Å². The fourth-order valence-electron chi connectivity index (χ4n) is 7.39. The van der Waals surface area contributed by atoms with Crippen molar-refractivity contribution in [1.82, 2.24) is 5.32 Å². The molecular weight excluding hydrogens is 695 g/mol. The topological polar surface area (TPSA) is 95.9 Å². The summed E-state index contributed by atoms with van der Waals surface area (Å²) in [6, 6.07) is -0.559. The first-order valence-corrected chi connectivity index (χ1v) is 24.6. The number of ether oxygens (including phenoxy) is 1. The molecule has 0 fully saturated rings.